The van der Waals surface area contributed by atoms with E-state index in [1.54, 1.807) is 0 Å². The van der Waals surface area contributed by atoms with Gasteiger partial charge in [0, 0.05) is 11.1 Å². The summed E-state index contributed by atoms with van der Waals surface area (Å²) in [4.78, 5) is 0. The van der Waals surface area contributed by atoms with Crippen molar-refractivity contribution in [2.24, 2.45) is 5.92 Å². The van der Waals surface area contributed by atoms with Gasteiger partial charge in [-0.05, 0) is 31.1 Å². The molecule has 0 aromatic rings. The number of rotatable bonds is 7. The minimum absolute atomic E-state index is 0.398. The maximum absolute atomic E-state index is 5.50. The summed E-state index contributed by atoms with van der Waals surface area (Å²) in [5, 5.41) is 2.68. The Morgan fingerprint density at radius 1 is 1.18 bits per heavy atom. The van der Waals surface area contributed by atoms with Crippen molar-refractivity contribution < 1.29 is 14.2 Å². The molecule has 1 saturated heterocycles. The molecule has 0 saturated carbocycles. The van der Waals surface area contributed by atoms with Gasteiger partial charge in [-0.15, -0.1) is 0 Å². The summed E-state index contributed by atoms with van der Waals surface area (Å²) in [6.07, 6.45) is 6.57. The van der Waals surface area contributed by atoms with Crippen LogP contribution < -0.4 is 4.74 Å². The summed E-state index contributed by atoms with van der Waals surface area (Å²) < 4.78 is 16.1. The van der Waals surface area contributed by atoms with Crippen molar-refractivity contribution in [3.63, 3.8) is 0 Å². The summed E-state index contributed by atoms with van der Waals surface area (Å²) in [5.74, 6) is 1.72. The highest BCUT2D eigenvalue weighted by Gasteiger charge is 2.21. The molecule has 3 heteroatoms. The number of hydrogen-bond donors (Lipinski definition) is 0. The molecule has 1 aliphatic heterocycles. The number of unbranched alkanes of at least 4 members (excludes halogenated alkanes) is 2. The number of hydrogen-bond acceptors (Lipinski definition) is 3. The summed E-state index contributed by atoms with van der Waals surface area (Å²) in [7, 11) is 0. The molecule has 2 atom stereocenters. The first-order chi connectivity index (χ1) is 10.8. The van der Waals surface area contributed by atoms with E-state index >= 15 is 0 Å². The monoisotopic (exact) mass is 306 g/mol. The van der Waals surface area contributed by atoms with Crippen LogP contribution in [-0.4, -0.2) is 26.1 Å². The molecule has 1 heterocycles. The van der Waals surface area contributed by atoms with Crippen LogP contribution in [0.4, 0.5) is 0 Å². The quantitative estimate of drug-likeness (QED) is 0.697. The Morgan fingerprint density at radius 2 is 2.00 bits per heavy atom. The van der Waals surface area contributed by atoms with E-state index in [9.17, 15) is 0 Å². The molecular weight excluding hydrogens is 276 g/mol. The highest BCUT2D eigenvalue weighted by Crippen LogP contribution is 2.23. The Balaban J connectivity index is 0.000000160. The predicted octanol–water partition coefficient (Wildman–Crippen LogP) is 4.65. The lowest BCUT2D eigenvalue weighted by atomic mass is 9.97. The van der Waals surface area contributed by atoms with Crippen LogP contribution in [0.3, 0.4) is 0 Å². The molecule has 0 aromatic heterocycles. The molecule has 124 valence electrons. The highest BCUT2D eigenvalue weighted by molar-refractivity contribution is 5.38. The fraction of sp³-hybridized carbons (Fsp3) is 0.684. The van der Waals surface area contributed by atoms with Crippen molar-refractivity contribution >= 4 is 0 Å². The average Bonchev–Trinajstić information content (AvgIpc) is 2.51. The van der Waals surface area contributed by atoms with Gasteiger partial charge in [0.05, 0.1) is 19.3 Å². The summed E-state index contributed by atoms with van der Waals surface area (Å²) >= 11 is 0. The van der Waals surface area contributed by atoms with Crippen molar-refractivity contribution in [3.05, 3.63) is 28.6 Å². The Bertz CT molecular complexity index is 526. The van der Waals surface area contributed by atoms with Crippen LogP contribution in [0.25, 0.3) is 0 Å². The molecule has 0 bridgehead atoms. The molecule has 2 aliphatic carbocycles. The smallest absolute Gasteiger partial charge is 0.147 e. The Labute approximate surface area is 134 Å². The van der Waals surface area contributed by atoms with Gasteiger partial charge in [0.2, 0.25) is 0 Å². The molecule has 0 aromatic carbocycles. The molecular formula is C19H30O3. The third-order valence-electron chi connectivity index (χ3n) is 4.39. The standard InChI is InChI=1S/C10H12O.C9H18O2/c1-2-3-6-11-10-7-8-4-5-9(8)10;1-3-4-5-9-6-10-7-11-8(9)2/h4-5,7H,2-3,6H2,1H3;8-9H,3-7H2,1-2H3. The second kappa shape index (κ2) is 9.16. The van der Waals surface area contributed by atoms with E-state index in [0.717, 1.165) is 25.4 Å². The van der Waals surface area contributed by atoms with Gasteiger partial charge in [-0.1, -0.05) is 45.2 Å². The lowest BCUT2D eigenvalue weighted by Crippen LogP contribution is -2.31. The number of ether oxygens (including phenoxy) is 3. The van der Waals surface area contributed by atoms with Crippen molar-refractivity contribution in [1.29, 1.82) is 0 Å². The van der Waals surface area contributed by atoms with Gasteiger partial charge in [0.15, 0.2) is 0 Å². The summed E-state index contributed by atoms with van der Waals surface area (Å²) in [6, 6.07) is 6.32. The minimum atomic E-state index is 0.398. The SMILES string of the molecule is CCCCC1COCOC1C.CCCCOc1cc2ccc1=2. The van der Waals surface area contributed by atoms with E-state index in [4.69, 9.17) is 14.2 Å². The predicted molar refractivity (Wildman–Crippen MR) is 88.9 cm³/mol. The molecule has 22 heavy (non-hydrogen) atoms. The average molecular weight is 306 g/mol. The lowest BCUT2D eigenvalue weighted by Gasteiger charge is -2.28. The first-order valence-electron chi connectivity index (χ1n) is 8.72. The van der Waals surface area contributed by atoms with Crippen LogP contribution in [0, 0.1) is 16.4 Å². The van der Waals surface area contributed by atoms with Crippen molar-refractivity contribution in [3.8, 4) is 5.75 Å². The maximum Gasteiger partial charge on any atom is 0.147 e. The first kappa shape index (κ1) is 17.3. The van der Waals surface area contributed by atoms with Gasteiger partial charge >= 0.3 is 0 Å². The van der Waals surface area contributed by atoms with E-state index in [1.165, 1.54) is 36.1 Å². The minimum Gasteiger partial charge on any atom is -0.493 e. The normalized spacial score (nSPS) is 21.8. The second-order valence-corrected chi connectivity index (χ2v) is 6.18. The van der Waals surface area contributed by atoms with Crippen LogP contribution in [0.5, 0.6) is 5.75 Å². The van der Waals surface area contributed by atoms with Crippen LogP contribution in [0.2, 0.25) is 0 Å². The van der Waals surface area contributed by atoms with E-state index in [2.05, 4.69) is 39.0 Å². The molecule has 3 nitrogen and oxygen atoms in total. The largest absolute Gasteiger partial charge is 0.493 e. The van der Waals surface area contributed by atoms with Crippen LogP contribution in [0.15, 0.2) is 18.2 Å². The Kier molecular flexibility index (Phi) is 7.20. The Hall–Kier alpha value is -1.06. The van der Waals surface area contributed by atoms with Crippen molar-refractivity contribution in [2.75, 3.05) is 20.0 Å². The van der Waals surface area contributed by atoms with Crippen LogP contribution in [-0.2, 0) is 9.47 Å². The molecule has 0 spiro atoms. The number of benzene rings is 1. The fourth-order valence-corrected chi connectivity index (χ4v) is 2.61. The Morgan fingerprint density at radius 3 is 2.55 bits per heavy atom. The molecule has 0 radical (unpaired) electrons. The zero-order valence-electron chi connectivity index (χ0n) is 14.3. The zero-order chi connectivity index (χ0) is 15.8. The van der Waals surface area contributed by atoms with Gasteiger partial charge in [0.25, 0.3) is 0 Å². The molecule has 3 rings (SSSR count). The van der Waals surface area contributed by atoms with Gasteiger partial charge in [-0.3, -0.25) is 0 Å². The molecule has 2 unspecified atom stereocenters. The second-order valence-electron chi connectivity index (χ2n) is 6.18. The van der Waals surface area contributed by atoms with Crippen molar-refractivity contribution in [2.45, 2.75) is 59.0 Å². The van der Waals surface area contributed by atoms with Gasteiger partial charge in [0.1, 0.15) is 12.5 Å². The van der Waals surface area contributed by atoms with E-state index in [1.807, 2.05) is 0 Å². The van der Waals surface area contributed by atoms with Gasteiger partial charge < -0.3 is 14.2 Å². The van der Waals surface area contributed by atoms with Crippen molar-refractivity contribution in [1.82, 2.24) is 0 Å². The highest BCUT2D eigenvalue weighted by atomic mass is 16.7. The molecule has 0 amide bonds. The lowest BCUT2D eigenvalue weighted by molar-refractivity contribution is -0.165. The molecule has 1 fully saturated rings. The van der Waals surface area contributed by atoms with Gasteiger partial charge in [-0.2, -0.15) is 0 Å². The molecule has 0 N–H and O–H groups in total. The van der Waals surface area contributed by atoms with Crippen LogP contribution >= 0.6 is 0 Å². The maximum atomic E-state index is 5.50. The molecule has 3 aliphatic rings. The third-order valence-corrected chi connectivity index (χ3v) is 4.39. The first-order valence-corrected chi connectivity index (χ1v) is 8.72. The fourth-order valence-electron chi connectivity index (χ4n) is 2.61. The topological polar surface area (TPSA) is 27.7 Å². The summed E-state index contributed by atoms with van der Waals surface area (Å²) in [5.41, 5.74) is 0. The van der Waals surface area contributed by atoms with Gasteiger partial charge in [-0.25, -0.2) is 0 Å². The third kappa shape index (κ3) is 4.72. The van der Waals surface area contributed by atoms with Crippen LogP contribution in [0.1, 0.15) is 52.9 Å². The van der Waals surface area contributed by atoms with E-state index in [0.29, 0.717) is 18.8 Å². The summed E-state index contributed by atoms with van der Waals surface area (Å²) in [6.45, 7) is 8.78. The van der Waals surface area contributed by atoms with E-state index in [-0.39, 0.29) is 0 Å². The zero-order valence-corrected chi connectivity index (χ0v) is 14.3. The van der Waals surface area contributed by atoms with E-state index < -0.39 is 0 Å².